The molecule has 2 saturated carbocycles. The zero-order valence-electron chi connectivity index (χ0n) is 14.2. The second-order valence-electron chi connectivity index (χ2n) is 8.45. The Bertz CT molecular complexity index is 290. The van der Waals surface area contributed by atoms with Gasteiger partial charge in [0.25, 0.3) is 0 Å². The summed E-state index contributed by atoms with van der Waals surface area (Å²) in [6.45, 7) is 13.3. The molecule has 0 spiro atoms. The summed E-state index contributed by atoms with van der Waals surface area (Å²) < 4.78 is 0. The molecule has 2 aliphatic carbocycles. The average molecular weight is 280 g/mol. The maximum absolute atomic E-state index is 6.44. The molecule has 3 atom stereocenters. The molecule has 2 N–H and O–H groups in total. The third kappa shape index (κ3) is 4.21. The summed E-state index contributed by atoms with van der Waals surface area (Å²) in [5, 5.41) is 0. The molecule has 2 aliphatic rings. The molecular weight excluding hydrogens is 244 g/mol. The highest BCUT2D eigenvalue weighted by molar-refractivity contribution is 4.89. The molecule has 0 aliphatic heterocycles. The lowest BCUT2D eigenvalue weighted by Gasteiger charge is -2.43. The topological polar surface area (TPSA) is 29.3 Å². The van der Waals surface area contributed by atoms with Crippen molar-refractivity contribution in [3.63, 3.8) is 0 Å². The number of nitrogens with two attached hydrogens (primary N) is 1. The fourth-order valence-electron chi connectivity index (χ4n) is 3.99. The van der Waals surface area contributed by atoms with Crippen molar-refractivity contribution in [2.24, 2.45) is 28.9 Å². The first-order valence-corrected chi connectivity index (χ1v) is 8.88. The molecule has 118 valence electrons. The van der Waals surface area contributed by atoms with E-state index in [1.165, 1.54) is 58.2 Å². The van der Waals surface area contributed by atoms with Crippen LogP contribution in [0.4, 0.5) is 0 Å². The number of hydrogen-bond donors (Lipinski definition) is 1. The standard InChI is InChI=1S/C18H36N2/c1-5-20(12-14-7-6-8-14)13-15-11-16(18(2,3)4)9-10-17(15)19/h14-17H,5-13,19H2,1-4H3. The van der Waals surface area contributed by atoms with E-state index in [9.17, 15) is 0 Å². The fraction of sp³-hybridized carbons (Fsp3) is 1.00. The van der Waals surface area contributed by atoms with Crippen LogP contribution < -0.4 is 5.73 Å². The summed E-state index contributed by atoms with van der Waals surface area (Å²) in [6.07, 6.45) is 8.27. The summed E-state index contributed by atoms with van der Waals surface area (Å²) in [6, 6.07) is 0.434. The number of hydrogen-bond acceptors (Lipinski definition) is 2. The third-order valence-electron chi connectivity index (χ3n) is 5.95. The third-order valence-corrected chi connectivity index (χ3v) is 5.95. The highest BCUT2D eigenvalue weighted by atomic mass is 15.1. The molecule has 2 rings (SSSR count). The Labute approximate surface area is 126 Å². The van der Waals surface area contributed by atoms with Gasteiger partial charge in [-0.25, -0.2) is 0 Å². The van der Waals surface area contributed by atoms with Crippen LogP contribution in [0.3, 0.4) is 0 Å². The highest BCUT2D eigenvalue weighted by Gasteiger charge is 2.35. The van der Waals surface area contributed by atoms with Crippen LogP contribution in [-0.4, -0.2) is 30.6 Å². The maximum Gasteiger partial charge on any atom is 0.00795 e. The van der Waals surface area contributed by atoms with Gasteiger partial charge in [0.15, 0.2) is 0 Å². The van der Waals surface area contributed by atoms with Crippen molar-refractivity contribution >= 4 is 0 Å². The minimum Gasteiger partial charge on any atom is -0.327 e. The molecule has 0 amide bonds. The van der Waals surface area contributed by atoms with E-state index < -0.39 is 0 Å². The van der Waals surface area contributed by atoms with Gasteiger partial charge in [0.2, 0.25) is 0 Å². The van der Waals surface area contributed by atoms with E-state index >= 15 is 0 Å². The lowest BCUT2D eigenvalue weighted by molar-refractivity contribution is 0.0882. The molecule has 3 unspecified atom stereocenters. The second-order valence-corrected chi connectivity index (χ2v) is 8.45. The summed E-state index contributed by atoms with van der Waals surface area (Å²) in [4.78, 5) is 2.68. The summed E-state index contributed by atoms with van der Waals surface area (Å²) in [5.41, 5.74) is 6.89. The van der Waals surface area contributed by atoms with Crippen LogP contribution in [0.2, 0.25) is 0 Å². The summed E-state index contributed by atoms with van der Waals surface area (Å²) in [7, 11) is 0. The lowest BCUT2D eigenvalue weighted by atomic mass is 9.67. The van der Waals surface area contributed by atoms with Gasteiger partial charge in [-0.05, 0) is 61.8 Å². The van der Waals surface area contributed by atoms with Crippen molar-refractivity contribution < 1.29 is 0 Å². The van der Waals surface area contributed by atoms with Crippen LogP contribution in [-0.2, 0) is 0 Å². The Morgan fingerprint density at radius 2 is 1.75 bits per heavy atom. The van der Waals surface area contributed by atoms with Crippen molar-refractivity contribution in [1.82, 2.24) is 4.90 Å². The van der Waals surface area contributed by atoms with Crippen LogP contribution in [0, 0.1) is 23.2 Å². The molecule has 0 bridgehead atoms. The van der Waals surface area contributed by atoms with Gasteiger partial charge in [-0.15, -0.1) is 0 Å². The SMILES string of the molecule is CCN(CC1CCC1)CC1CC(C(C)(C)C)CCC1N. The van der Waals surface area contributed by atoms with Crippen molar-refractivity contribution in [3.8, 4) is 0 Å². The van der Waals surface area contributed by atoms with Crippen LogP contribution in [0.15, 0.2) is 0 Å². The van der Waals surface area contributed by atoms with Crippen molar-refractivity contribution in [2.45, 2.75) is 72.3 Å². The van der Waals surface area contributed by atoms with E-state index in [0.29, 0.717) is 17.4 Å². The molecule has 0 saturated heterocycles. The van der Waals surface area contributed by atoms with Crippen molar-refractivity contribution in [3.05, 3.63) is 0 Å². The number of rotatable bonds is 5. The summed E-state index contributed by atoms with van der Waals surface area (Å²) in [5.74, 6) is 2.55. The normalized spacial score (nSPS) is 32.4. The van der Waals surface area contributed by atoms with Gasteiger partial charge < -0.3 is 10.6 Å². The van der Waals surface area contributed by atoms with E-state index in [4.69, 9.17) is 5.73 Å². The van der Waals surface area contributed by atoms with E-state index in [1.54, 1.807) is 0 Å². The van der Waals surface area contributed by atoms with Gasteiger partial charge in [0.1, 0.15) is 0 Å². The Morgan fingerprint density at radius 3 is 2.25 bits per heavy atom. The van der Waals surface area contributed by atoms with Gasteiger partial charge >= 0.3 is 0 Å². The van der Waals surface area contributed by atoms with Gasteiger partial charge in [-0.3, -0.25) is 0 Å². The smallest absolute Gasteiger partial charge is 0.00795 e. The minimum atomic E-state index is 0.434. The molecule has 0 heterocycles. The fourth-order valence-corrected chi connectivity index (χ4v) is 3.99. The van der Waals surface area contributed by atoms with Gasteiger partial charge in [-0.2, -0.15) is 0 Å². The van der Waals surface area contributed by atoms with Crippen molar-refractivity contribution in [2.75, 3.05) is 19.6 Å². The second kappa shape index (κ2) is 6.79. The van der Waals surface area contributed by atoms with E-state index in [2.05, 4.69) is 32.6 Å². The number of nitrogens with zero attached hydrogens (tertiary/aromatic N) is 1. The first kappa shape index (κ1) is 16.3. The molecule has 20 heavy (non-hydrogen) atoms. The molecule has 2 nitrogen and oxygen atoms in total. The Morgan fingerprint density at radius 1 is 1.05 bits per heavy atom. The zero-order chi connectivity index (χ0) is 14.8. The van der Waals surface area contributed by atoms with Gasteiger partial charge in [-0.1, -0.05) is 34.1 Å². The average Bonchev–Trinajstić information content (AvgIpc) is 2.32. The van der Waals surface area contributed by atoms with Gasteiger partial charge in [0.05, 0.1) is 0 Å². The Kier molecular flexibility index (Phi) is 5.53. The van der Waals surface area contributed by atoms with E-state index in [0.717, 1.165) is 11.8 Å². The quantitative estimate of drug-likeness (QED) is 0.827. The first-order chi connectivity index (χ1) is 9.40. The monoisotopic (exact) mass is 280 g/mol. The van der Waals surface area contributed by atoms with Crippen molar-refractivity contribution in [1.29, 1.82) is 0 Å². The minimum absolute atomic E-state index is 0.434. The Hall–Kier alpha value is -0.0800. The van der Waals surface area contributed by atoms with Crippen LogP contribution in [0.1, 0.15) is 66.2 Å². The summed E-state index contributed by atoms with van der Waals surface area (Å²) >= 11 is 0. The van der Waals surface area contributed by atoms with Crippen LogP contribution in [0.5, 0.6) is 0 Å². The lowest BCUT2D eigenvalue weighted by Crippen LogP contribution is -2.46. The van der Waals surface area contributed by atoms with E-state index in [1.807, 2.05) is 0 Å². The Balaban J connectivity index is 1.87. The largest absolute Gasteiger partial charge is 0.327 e. The molecule has 0 radical (unpaired) electrons. The molecule has 0 aromatic heterocycles. The predicted molar refractivity (Wildman–Crippen MR) is 87.7 cm³/mol. The van der Waals surface area contributed by atoms with E-state index in [-0.39, 0.29) is 0 Å². The molecule has 2 heteroatoms. The molecule has 2 fully saturated rings. The van der Waals surface area contributed by atoms with Crippen LogP contribution in [0.25, 0.3) is 0 Å². The molecular formula is C18H36N2. The first-order valence-electron chi connectivity index (χ1n) is 8.88. The molecule has 0 aromatic rings. The zero-order valence-corrected chi connectivity index (χ0v) is 14.2. The van der Waals surface area contributed by atoms with Gasteiger partial charge in [0, 0.05) is 19.1 Å². The predicted octanol–water partition coefficient (Wildman–Crippen LogP) is 3.90. The maximum atomic E-state index is 6.44. The highest BCUT2D eigenvalue weighted by Crippen LogP contribution is 2.40. The van der Waals surface area contributed by atoms with Crippen LogP contribution >= 0.6 is 0 Å². The molecule has 0 aromatic carbocycles.